The number of rotatable bonds is 6. The molecule has 4 rings (SSSR count). The summed E-state index contributed by atoms with van der Waals surface area (Å²) in [6.07, 6.45) is 0. The smallest absolute Gasteiger partial charge is 0.262 e. The highest BCUT2D eigenvalue weighted by atomic mass is 19.1. The molecule has 1 aliphatic heterocycles. The van der Waals surface area contributed by atoms with Crippen molar-refractivity contribution in [1.29, 1.82) is 0 Å². The van der Waals surface area contributed by atoms with Gasteiger partial charge in [-0.3, -0.25) is 14.4 Å². The molecule has 0 spiro atoms. The van der Waals surface area contributed by atoms with Gasteiger partial charge in [0.05, 0.1) is 11.3 Å². The van der Waals surface area contributed by atoms with E-state index in [0.717, 1.165) is 5.56 Å². The second kappa shape index (κ2) is 10.8. The number of piperazine rings is 1. The van der Waals surface area contributed by atoms with Gasteiger partial charge in [-0.15, -0.1) is 0 Å². The van der Waals surface area contributed by atoms with Crippen LogP contribution in [0, 0.1) is 12.7 Å². The van der Waals surface area contributed by atoms with Crippen molar-refractivity contribution >= 4 is 23.4 Å². The van der Waals surface area contributed by atoms with Gasteiger partial charge in [-0.1, -0.05) is 42.0 Å². The Labute approximate surface area is 203 Å². The molecule has 180 valence electrons. The molecule has 1 fully saturated rings. The number of para-hydroxylation sites is 2. The highest BCUT2D eigenvalue weighted by molar-refractivity contribution is 5.98. The molecule has 1 saturated heterocycles. The van der Waals surface area contributed by atoms with E-state index in [4.69, 9.17) is 4.74 Å². The number of aryl methyl sites for hydroxylation is 1. The number of amides is 3. The third kappa shape index (κ3) is 5.84. The molecule has 0 saturated carbocycles. The van der Waals surface area contributed by atoms with Crippen molar-refractivity contribution in [3.05, 3.63) is 95.3 Å². The Bertz CT molecular complexity index is 1220. The first-order valence-corrected chi connectivity index (χ1v) is 11.3. The minimum Gasteiger partial charge on any atom is -0.483 e. The molecule has 1 aliphatic rings. The molecule has 8 heteroatoms. The van der Waals surface area contributed by atoms with Crippen LogP contribution in [0.5, 0.6) is 5.75 Å². The molecule has 0 aromatic heterocycles. The lowest BCUT2D eigenvalue weighted by molar-refractivity contribution is -0.118. The van der Waals surface area contributed by atoms with Crippen LogP contribution in [-0.4, -0.2) is 60.3 Å². The fourth-order valence-corrected chi connectivity index (χ4v) is 3.82. The maximum Gasteiger partial charge on any atom is 0.262 e. The quantitative estimate of drug-likeness (QED) is 0.589. The molecule has 3 amide bonds. The Kier molecular flexibility index (Phi) is 7.40. The first-order chi connectivity index (χ1) is 16.9. The Morgan fingerprint density at radius 2 is 1.43 bits per heavy atom. The highest BCUT2D eigenvalue weighted by Gasteiger charge is 2.27. The van der Waals surface area contributed by atoms with Gasteiger partial charge in [-0.2, -0.15) is 0 Å². The molecular formula is C27H26FN3O4. The number of hydrogen-bond acceptors (Lipinski definition) is 4. The summed E-state index contributed by atoms with van der Waals surface area (Å²) in [5.74, 6) is -1.12. The summed E-state index contributed by atoms with van der Waals surface area (Å²) in [7, 11) is 0. The Hall–Kier alpha value is -4.20. The van der Waals surface area contributed by atoms with E-state index in [9.17, 15) is 18.8 Å². The van der Waals surface area contributed by atoms with Gasteiger partial charge in [0.2, 0.25) is 0 Å². The summed E-state index contributed by atoms with van der Waals surface area (Å²) in [4.78, 5) is 41.6. The van der Waals surface area contributed by atoms with Crippen LogP contribution in [0.1, 0.15) is 26.3 Å². The molecule has 0 unspecified atom stereocenters. The van der Waals surface area contributed by atoms with E-state index in [1.807, 2.05) is 31.2 Å². The van der Waals surface area contributed by atoms with E-state index in [2.05, 4.69) is 5.32 Å². The van der Waals surface area contributed by atoms with Crippen molar-refractivity contribution in [2.75, 3.05) is 38.1 Å². The molecule has 0 atom stereocenters. The molecule has 1 heterocycles. The first kappa shape index (κ1) is 23.9. The number of benzene rings is 3. The van der Waals surface area contributed by atoms with E-state index in [0.29, 0.717) is 37.3 Å². The van der Waals surface area contributed by atoms with Crippen LogP contribution in [0.4, 0.5) is 10.1 Å². The van der Waals surface area contributed by atoms with Gasteiger partial charge in [-0.05, 0) is 43.3 Å². The fourth-order valence-electron chi connectivity index (χ4n) is 3.82. The second-order valence-electron chi connectivity index (χ2n) is 8.26. The summed E-state index contributed by atoms with van der Waals surface area (Å²) >= 11 is 0. The van der Waals surface area contributed by atoms with Gasteiger partial charge >= 0.3 is 0 Å². The molecule has 3 aromatic rings. The Morgan fingerprint density at radius 1 is 0.829 bits per heavy atom. The second-order valence-corrected chi connectivity index (χ2v) is 8.26. The number of nitrogens with zero attached hydrogens (tertiary/aromatic N) is 2. The number of halogens is 1. The monoisotopic (exact) mass is 475 g/mol. The largest absolute Gasteiger partial charge is 0.483 e. The predicted octanol–water partition coefficient (Wildman–Crippen LogP) is 3.75. The number of ether oxygens (including phenoxy) is 1. The van der Waals surface area contributed by atoms with E-state index in [1.54, 1.807) is 40.1 Å². The van der Waals surface area contributed by atoms with Gasteiger partial charge in [0.1, 0.15) is 11.6 Å². The van der Waals surface area contributed by atoms with Gasteiger partial charge in [0.15, 0.2) is 6.61 Å². The summed E-state index contributed by atoms with van der Waals surface area (Å²) in [5, 5.41) is 2.45. The van der Waals surface area contributed by atoms with Crippen molar-refractivity contribution in [3.63, 3.8) is 0 Å². The van der Waals surface area contributed by atoms with Gasteiger partial charge in [0, 0.05) is 31.7 Å². The molecule has 0 bridgehead atoms. The molecule has 0 radical (unpaired) electrons. The van der Waals surface area contributed by atoms with Crippen LogP contribution in [0.25, 0.3) is 0 Å². The predicted molar refractivity (Wildman–Crippen MR) is 130 cm³/mol. The third-order valence-electron chi connectivity index (χ3n) is 5.78. The third-order valence-corrected chi connectivity index (χ3v) is 5.78. The maximum absolute atomic E-state index is 13.7. The normalized spacial score (nSPS) is 13.3. The van der Waals surface area contributed by atoms with Crippen LogP contribution in [0.2, 0.25) is 0 Å². The van der Waals surface area contributed by atoms with Gasteiger partial charge in [-0.25, -0.2) is 4.39 Å². The average Bonchev–Trinajstić information content (AvgIpc) is 2.89. The molecule has 7 nitrogen and oxygen atoms in total. The molecule has 1 N–H and O–H groups in total. The fraction of sp³-hybridized carbons (Fsp3) is 0.222. The van der Waals surface area contributed by atoms with Gasteiger partial charge in [0.25, 0.3) is 17.7 Å². The number of carbonyl (C=O) groups excluding carboxylic acids is 3. The van der Waals surface area contributed by atoms with E-state index in [1.165, 1.54) is 18.2 Å². The van der Waals surface area contributed by atoms with E-state index in [-0.39, 0.29) is 29.9 Å². The minimum atomic E-state index is -0.545. The number of carbonyl (C=O) groups is 3. The molecular weight excluding hydrogens is 449 g/mol. The van der Waals surface area contributed by atoms with Crippen molar-refractivity contribution in [1.82, 2.24) is 9.80 Å². The van der Waals surface area contributed by atoms with Crippen molar-refractivity contribution in [2.24, 2.45) is 0 Å². The zero-order valence-electron chi connectivity index (χ0n) is 19.4. The maximum atomic E-state index is 13.7. The lowest BCUT2D eigenvalue weighted by Crippen LogP contribution is -2.50. The average molecular weight is 476 g/mol. The summed E-state index contributed by atoms with van der Waals surface area (Å²) in [6.45, 7) is 3.21. The number of hydrogen-bond donors (Lipinski definition) is 1. The standard InChI is InChI=1S/C27H26FN3O4/c1-19-10-12-20(13-11-19)26(33)30-14-16-31(17-15-30)27(34)21-6-2-5-9-24(21)35-18-25(32)29-23-8-4-3-7-22(23)28/h2-13H,14-18H2,1H3,(H,29,32). The molecule has 35 heavy (non-hydrogen) atoms. The lowest BCUT2D eigenvalue weighted by atomic mass is 10.1. The van der Waals surface area contributed by atoms with E-state index < -0.39 is 11.7 Å². The summed E-state index contributed by atoms with van der Waals surface area (Å²) in [6, 6.07) is 19.9. The first-order valence-electron chi connectivity index (χ1n) is 11.3. The number of anilines is 1. The zero-order chi connectivity index (χ0) is 24.8. The Morgan fingerprint density at radius 3 is 2.11 bits per heavy atom. The topological polar surface area (TPSA) is 79.0 Å². The van der Waals surface area contributed by atoms with Gasteiger partial charge < -0.3 is 19.9 Å². The molecule has 0 aliphatic carbocycles. The van der Waals surface area contributed by atoms with Crippen LogP contribution in [0.3, 0.4) is 0 Å². The highest BCUT2D eigenvalue weighted by Crippen LogP contribution is 2.21. The van der Waals surface area contributed by atoms with Crippen LogP contribution in [0.15, 0.2) is 72.8 Å². The van der Waals surface area contributed by atoms with Crippen LogP contribution in [-0.2, 0) is 4.79 Å². The minimum absolute atomic E-state index is 0.0540. The summed E-state index contributed by atoms with van der Waals surface area (Å²) in [5.41, 5.74) is 2.10. The SMILES string of the molecule is Cc1ccc(C(=O)N2CCN(C(=O)c3ccccc3OCC(=O)Nc3ccccc3F)CC2)cc1. The molecule has 3 aromatic carbocycles. The summed E-state index contributed by atoms with van der Waals surface area (Å²) < 4.78 is 19.4. The van der Waals surface area contributed by atoms with Crippen LogP contribution >= 0.6 is 0 Å². The lowest BCUT2D eigenvalue weighted by Gasteiger charge is -2.35. The Balaban J connectivity index is 1.35. The zero-order valence-corrected chi connectivity index (χ0v) is 19.4. The van der Waals surface area contributed by atoms with Crippen molar-refractivity contribution in [3.8, 4) is 5.75 Å². The van der Waals surface area contributed by atoms with Crippen LogP contribution < -0.4 is 10.1 Å². The van der Waals surface area contributed by atoms with E-state index >= 15 is 0 Å². The number of nitrogens with one attached hydrogen (secondary N) is 1. The van der Waals surface area contributed by atoms with Crippen molar-refractivity contribution in [2.45, 2.75) is 6.92 Å². The van der Waals surface area contributed by atoms with Crippen molar-refractivity contribution < 1.29 is 23.5 Å².